The Kier molecular flexibility index (Phi) is 3.98. The fourth-order valence-corrected chi connectivity index (χ4v) is 1.60. The molecule has 0 atom stereocenters. The molecule has 1 aliphatic rings. The summed E-state index contributed by atoms with van der Waals surface area (Å²) in [5.41, 5.74) is 0. The quantitative estimate of drug-likeness (QED) is 0.817. The predicted octanol–water partition coefficient (Wildman–Crippen LogP) is 2.62. The summed E-state index contributed by atoms with van der Waals surface area (Å²) in [6.45, 7) is 1.62. The number of benzene rings is 1. The average molecular weight is 247 g/mol. The zero-order chi connectivity index (χ0) is 11.4. The van der Waals surface area contributed by atoms with E-state index in [9.17, 15) is 4.39 Å². The minimum Gasteiger partial charge on any atom is -0.492 e. The van der Waals surface area contributed by atoms with Gasteiger partial charge >= 0.3 is 0 Å². The third-order valence-corrected chi connectivity index (χ3v) is 2.51. The highest BCUT2D eigenvalue weighted by atomic mass is 35.5. The molecule has 0 amide bonds. The topological polar surface area (TPSA) is 27.7 Å². The van der Waals surface area contributed by atoms with Gasteiger partial charge in [-0.1, -0.05) is 11.6 Å². The van der Waals surface area contributed by atoms with E-state index >= 15 is 0 Å². The number of hydrogen-bond donors (Lipinski definition) is 0. The van der Waals surface area contributed by atoms with Gasteiger partial charge in [0.25, 0.3) is 0 Å². The lowest BCUT2D eigenvalue weighted by atomic mass is 10.3. The van der Waals surface area contributed by atoms with Crippen LogP contribution in [0.1, 0.15) is 6.42 Å². The first-order valence-corrected chi connectivity index (χ1v) is 5.44. The van der Waals surface area contributed by atoms with E-state index < -0.39 is 0 Å². The summed E-state index contributed by atoms with van der Waals surface area (Å²) in [6.07, 6.45) is 0.389. The van der Waals surface area contributed by atoms with E-state index in [1.165, 1.54) is 18.2 Å². The van der Waals surface area contributed by atoms with Gasteiger partial charge in [0.1, 0.15) is 11.6 Å². The number of ether oxygens (including phenoxy) is 3. The second kappa shape index (κ2) is 5.48. The molecule has 0 bridgehead atoms. The Morgan fingerprint density at radius 1 is 1.38 bits per heavy atom. The molecule has 0 aromatic heterocycles. The summed E-state index contributed by atoms with van der Waals surface area (Å²) in [5, 5.41) is 0.398. The van der Waals surface area contributed by atoms with Crippen LogP contribution in [0, 0.1) is 5.82 Å². The molecule has 1 aromatic carbocycles. The van der Waals surface area contributed by atoms with Gasteiger partial charge in [-0.05, 0) is 12.1 Å². The third kappa shape index (κ3) is 3.07. The molecule has 0 saturated carbocycles. The smallest absolute Gasteiger partial charge is 0.161 e. The molecule has 1 heterocycles. The summed E-state index contributed by atoms with van der Waals surface area (Å²) in [5.74, 6) is -0.0209. The Hall–Kier alpha value is -0.840. The maximum Gasteiger partial charge on any atom is 0.161 e. The molecule has 0 unspecified atom stereocenters. The molecular formula is C11H12ClFO3. The maximum atomic E-state index is 12.9. The summed E-state index contributed by atoms with van der Waals surface area (Å²) in [6, 6.07) is 4.02. The van der Waals surface area contributed by atoms with Crippen molar-refractivity contribution in [3.63, 3.8) is 0 Å². The second-order valence-corrected chi connectivity index (χ2v) is 3.79. The van der Waals surface area contributed by atoms with Gasteiger partial charge in [-0.2, -0.15) is 0 Å². The van der Waals surface area contributed by atoms with Gasteiger partial charge in [0.15, 0.2) is 6.29 Å². The number of hydrogen-bond acceptors (Lipinski definition) is 3. The Labute approximate surface area is 98.1 Å². The van der Waals surface area contributed by atoms with Crippen LogP contribution in [0.2, 0.25) is 5.02 Å². The van der Waals surface area contributed by atoms with Gasteiger partial charge in [0.05, 0.1) is 24.8 Å². The van der Waals surface area contributed by atoms with Gasteiger partial charge in [0, 0.05) is 12.5 Å². The van der Waals surface area contributed by atoms with E-state index in [1.807, 2.05) is 0 Å². The largest absolute Gasteiger partial charge is 0.492 e. The predicted molar refractivity (Wildman–Crippen MR) is 57.2 cm³/mol. The van der Waals surface area contributed by atoms with E-state index in [0.717, 1.165) is 0 Å². The molecule has 2 rings (SSSR count). The van der Waals surface area contributed by atoms with Crippen molar-refractivity contribution in [1.29, 1.82) is 0 Å². The van der Waals surface area contributed by atoms with Gasteiger partial charge in [-0.3, -0.25) is 0 Å². The Balaban J connectivity index is 1.82. The molecule has 0 radical (unpaired) electrons. The van der Waals surface area contributed by atoms with Gasteiger partial charge < -0.3 is 14.2 Å². The first-order chi connectivity index (χ1) is 7.75. The van der Waals surface area contributed by atoms with Crippen LogP contribution < -0.4 is 4.74 Å². The zero-order valence-corrected chi connectivity index (χ0v) is 9.37. The zero-order valence-electron chi connectivity index (χ0n) is 8.62. The standard InChI is InChI=1S/C11H12ClFO3/c12-9-2-1-8(13)7-10(9)14-4-3-11-15-5-6-16-11/h1-2,7,11H,3-6H2. The van der Waals surface area contributed by atoms with Crippen LogP contribution in [-0.4, -0.2) is 26.1 Å². The molecule has 0 spiro atoms. The van der Waals surface area contributed by atoms with E-state index in [0.29, 0.717) is 37.0 Å². The minimum absolute atomic E-state index is 0.215. The molecule has 5 heteroatoms. The Morgan fingerprint density at radius 2 is 2.12 bits per heavy atom. The molecule has 1 saturated heterocycles. The fourth-order valence-electron chi connectivity index (χ4n) is 1.43. The molecule has 0 N–H and O–H groups in total. The van der Waals surface area contributed by atoms with Crippen molar-refractivity contribution >= 4 is 11.6 Å². The van der Waals surface area contributed by atoms with Crippen molar-refractivity contribution in [3.05, 3.63) is 29.0 Å². The molecule has 3 nitrogen and oxygen atoms in total. The van der Waals surface area contributed by atoms with Crippen LogP contribution in [0.25, 0.3) is 0 Å². The summed E-state index contributed by atoms with van der Waals surface area (Å²) in [4.78, 5) is 0. The van der Waals surface area contributed by atoms with Crippen LogP contribution in [0.3, 0.4) is 0 Å². The number of rotatable bonds is 4. The van der Waals surface area contributed by atoms with Crippen LogP contribution in [0.15, 0.2) is 18.2 Å². The van der Waals surface area contributed by atoms with E-state index in [4.69, 9.17) is 25.8 Å². The summed E-state index contributed by atoms with van der Waals surface area (Å²) in [7, 11) is 0. The van der Waals surface area contributed by atoms with E-state index in [2.05, 4.69) is 0 Å². The Bertz CT molecular complexity index is 353. The van der Waals surface area contributed by atoms with Gasteiger partial charge in [0.2, 0.25) is 0 Å². The highest BCUT2D eigenvalue weighted by Gasteiger charge is 2.15. The van der Waals surface area contributed by atoms with Crippen molar-refractivity contribution < 1.29 is 18.6 Å². The lowest BCUT2D eigenvalue weighted by Gasteiger charge is -2.11. The van der Waals surface area contributed by atoms with Gasteiger partial charge in [-0.15, -0.1) is 0 Å². The molecular weight excluding hydrogens is 235 g/mol. The van der Waals surface area contributed by atoms with Crippen molar-refractivity contribution in [1.82, 2.24) is 0 Å². The Morgan fingerprint density at radius 3 is 2.88 bits per heavy atom. The fraction of sp³-hybridized carbons (Fsp3) is 0.455. The van der Waals surface area contributed by atoms with Gasteiger partial charge in [-0.25, -0.2) is 4.39 Å². The lowest BCUT2D eigenvalue weighted by Crippen LogP contribution is -2.12. The van der Waals surface area contributed by atoms with E-state index in [-0.39, 0.29) is 12.1 Å². The van der Waals surface area contributed by atoms with Crippen LogP contribution >= 0.6 is 11.6 Å². The highest BCUT2D eigenvalue weighted by molar-refractivity contribution is 6.32. The molecule has 16 heavy (non-hydrogen) atoms. The normalized spacial score (nSPS) is 16.6. The average Bonchev–Trinajstić information content (AvgIpc) is 2.76. The third-order valence-electron chi connectivity index (χ3n) is 2.20. The molecule has 1 aromatic rings. The first-order valence-electron chi connectivity index (χ1n) is 5.07. The second-order valence-electron chi connectivity index (χ2n) is 3.38. The highest BCUT2D eigenvalue weighted by Crippen LogP contribution is 2.25. The monoisotopic (exact) mass is 246 g/mol. The van der Waals surface area contributed by atoms with Crippen molar-refractivity contribution in [3.8, 4) is 5.75 Å². The molecule has 88 valence electrons. The molecule has 1 aliphatic heterocycles. The molecule has 0 aliphatic carbocycles. The van der Waals surface area contributed by atoms with Crippen molar-refractivity contribution in [2.75, 3.05) is 19.8 Å². The van der Waals surface area contributed by atoms with E-state index in [1.54, 1.807) is 0 Å². The first kappa shape index (κ1) is 11.6. The van der Waals surface area contributed by atoms with Crippen molar-refractivity contribution in [2.24, 2.45) is 0 Å². The SMILES string of the molecule is Fc1ccc(Cl)c(OCCC2OCCO2)c1. The lowest BCUT2D eigenvalue weighted by molar-refractivity contribution is -0.0531. The minimum atomic E-state index is -0.368. The van der Waals surface area contributed by atoms with Crippen LogP contribution in [0.4, 0.5) is 4.39 Å². The van der Waals surface area contributed by atoms with Crippen LogP contribution in [0.5, 0.6) is 5.75 Å². The molecule has 1 fully saturated rings. The summed E-state index contributed by atoms with van der Waals surface area (Å²) < 4.78 is 28.7. The maximum absolute atomic E-state index is 12.9. The van der Waals surface area contributed by atoms with Crippen LogP contribution in [-0.2, 0) is 9.47 Å². The summed E-state index contributed by atoms with van der Waals surface area (Å²) >= 11 is 5.84. The van der Waals surface area contributed by atoms with Crippen molar-refractivity contribution in [2.45, 2.75) is 12.7 Å². The number of halogens is 2.